The Morgan fingerprint density at radius 3 is 1.97 bits per heavy atom. The number of aromatic nitrogens is 2. The van der Waals surface area contributed by atoms with Crippen LogP contribution in [-0.4, -0.2) is 17.8 Å². The lowest BCUT2D eigenvalue weighted by Crippen LogP contribution is -2.36. The average molecular weight is 545 g/mol. The highest BCUT2D eigenvalue weighted by molar-refractivity contribution is 7.93. The van der Waals surface area contributed by atoms with Crippen molar-refractivity contribution in [3.8, 4) is 5.69 Å². The van der Waals surface area contributed by atoms with E-state index in [9.17, 15) is 13.2 Å². The normalized spacial score (nSPS) is 11.6. The van der Waals surface area contributed by atoms with Gasteiger partial charge < -0.3 is 0 Å². The Labute approximate surface area is 221 Å². The quantitative estimate of drug-likeness (QED) is 0.294. The number of sulfonamides is 1. The maximum atomic E-state index is 14.4. The van der Waals surface area contributed by atoms with E-state index in [1.165, 1.54) is 4.68 Å². The van der Waals surface area contributed by atoms with Crippen LogP contribution in [0.1, 0.15) is 27.9 Å². The van der Waals surface area contributed by atoms with Crippen molar-refractivity contribution in [1.29, 1.82) is 0 Å². The first-order valence-electron chi connectivity index (χ1n) is 11.3. The van der Waals surface area contributed by atoms with Gasteiger partial charge in [-0.1, -0.05) is 65.2 Å². The smallest absolute Gasteiger partial charge is 0.283 e. The average Bonchev–Trinajstić information content (AvgIpc) is 3.01. The summed E-state index contributed by atoms with van der Waals surface area (Å²) in [6, 6.07) is 17.7. The van der Waals surface area contributed by atoms with E-state index < -0.39 is 15.6 Å². The molecule has 1 aromatic heterocycles. The van der Waals surface area contributed by atoms with Crippen LogP contribution in [0.25, 0.3) is 5.69 Å². The van der Waals surface area contributed by atoms with Gasteiger partial charge in [0.1, 0.15) is 5.69 Å². The summed E-state index contributed by atoms with van der Waals surface area (Å²) in [5.74, 6) is 0. The zero-order valence-corrected chi connectivity index (χ0v) is 23.0. The summed E-state index contributed by atoms with van der Waals surface area (Å²) < 4.78 is 33.0. The molecule has 9 heteroatoms. The topological polar surface area (TPSA) is 64.3 Å². The first kappa shape index (κ1) is 26.1. The van der Waals surface area contributed by atoms with E-state index in [1.54, 1.807) is 62.8 Å². The molecule has 0 spiro atoms. The fourth-order valence-electron chi connectivity index (χ4n) is 4.64. The van der Waals surface area contributed by atoms with Crippen LogP contribution in [-0.2, 0) is 23.6 Å². The number of rotatable bonds is 6. The molecule has 4 aromatic rings. The van der Waals surface area contributed by atoms with Crippen molar-refractivity contribution < 1.29 is 8.42 Å². The summed E-state index contributed by atoms with van der Waals surface area (Å²) in [5.41, 5.74) is 3.24. The molecule has 188 valence electrons. The van der Waals surface area contributed by atoms with Crippen LogP contribution in [0.3, 0.4) is 0 Å². The van der Waals surface area contributed by atoms with Gasteiger partial charge in [0, 0.05) is 22.7 Å². The van der Waals surface area contributed by atoms with E-state index in [0.717, 1.165) is 9.87 Å². The molecule has 1 heterocycles. The van der Waals surface area contributed by atoms with Crippen molar-refractivity contribution in [2.45, 2.75) is 39.1 Å². The molecule has 36 heavy (non-hydrogen) atoms. The Morgan fingerprint density at radius 2 is 1.42 bits per heavy atom. The zero-order chi connectivity index (χ0) is 26.4. The molecule has 0 saturated carbocycles. The summed E-state index contributed by atoms with van der Waals surface area (Å²) in [7, 11) is -2.48. The van der Waals surface area contributed by atoms with Crippen molar-refractivity contribution in [3.05, 3.63) is 109 Å². The fraction of sp³-hybridized carbons (Fsp3) is 0.222. The first-order valence-corrected chi connectivity index (χ1v) is 13.5. The maximum Gasteiger partial charge on any atom is 0.296 e. The molecule has 0 radical (unpaired) electrons. The Balaban J connectivity index is 2.04. The number of anilines is 1. The second kappa shape index (κ2) is 9.81. The van der Waals surface area contributed by atoms with E-state index in [4.69, 9.17) is 23.2 Å². The first-order chi connectivity index (χ1) is 16.9. The summed E-state index contributed by atoms with van der Waals surface area (Å²) in [4.78, 5) is 14.0. The Morgan fingerprint density at radius 1 is 0.861 bits per heavy atom. The second-order valence-electron chi connectivity index (χ2n) is 8.85. The van der Waals surface area contributed by atoms with Gasteiger partial charge in [0.25, 0.3) is 15.6 Å². The van der Waals surface area contributed by atoms with Gasteiger partial charge in [-0.05, 0) is 63.1 Å². The third-order valence-corrected chi connectivity index (χ3v) is 9.05. The van der Waals surface area contributed by atoms with Crippen LogP contribution in [0.5, 0.6) is 0 Å². The molecule has 0 saturated heterocycles. The Kier molecular flexibility index (Phi) is 7.10. The summed E-state index contributed by atoms with van der Waals surface area (Å²) in [5, 5.41) is 0.633. The number of para-hydroxylation sites is 1. The summed E-state index contributed by atoms with van der Waals surface area (Å²) in [6.07, 6.45) is 0. The van der Waals surface area contributed by atoms with Crippen LogP contribution < -0.4 is 9.86 Å². The number of hydrogen-bond donors (Lipinski definition) is 0. The van der Waals surface area contributed by atoms with Gasteiger partial charge in [-0.3, -0.25) is 13.8 Å². The molecule has 0 unspecified atom stereocenters. The van der Waals surface area contributed by atoms with Crippen LogP contribution in [0.15, 0.2) is 70.4 Å². The van der Waals surface area contributed by atoms with Crippen LogP contribution in [0.2, 0.25) is 10.0 Å². The molecule has 0 atom stereocenters. The molecule has 0 aliphatic rings. The molecule has 0 bridgehead atoms. The van der Waals surface area contributed by atoms with Gasteiger partial charge in [0.15, 0.2) is 0 Å². The van der Waals surface area contributed by atoms with Crippen molar-refractivity contribution in [3.63, 3.8) is 0 Å². The molecule has 0 aliphatic heterocycles. The SMILES string of the molecule is Cc1cc(C)c(S(=O)(=O)N(Cc2c(Cl)cccc2Cl)c2c(C)n(C)n(-c3ccccc3)c2=O)c(C)c1. The molecule has 0 N–H and O–H groups in total. The number of benzene rings is 3. The van der Waals surface area contributed by atoms with Gasteiger partial charge in [0.05, 0.1) is 22.8 Å². The van der Waals surface area contributed by atoms with Crippen molar-refractivity contribution in [2.75, 3.05) is 4.31 Å². The third kappa shape index (κ3) is 4.47. The van der Waals surface area contributed by atoms with E-state index in [-0.39, 0.29) is 17.1 Å². The molecule has 3 aromatic carbocycles. The van der Waals surface area contributed by atoms with Gasteiger partial charge in [-0.2, -0.15) is 0 Å². The van der Waals surface area contributed by atoms with Gasteiger partial charge in [-0.15, -0.1) is 0 Å². The molecule has 6 nitrogen and oxygen atoms in total. The minimum atomic E-state index is -4.21. The van der Waals surface area contributed by atoms with Crippen LogP contribution >= 0.6 is 23.2 Å². The maximum absolute atomic E-state index is 14.4. The van der Waals surface area contributed by atoms with Gasteiger partial charge in [-0.25, -0.2) is 13.1 Å². The van der Waals surface area contributed by atoms with Crippen molar-refractivity contribution in [1.82, 2.24) is 9.36 Å². The third-order valence-electron chi connectivity index (χ3n) is 6.29. The van der Waals surface area contributed by atoms with E-state index in [0.29, 0.717) is 38.1 Å². The lowest BCUT2D eigenvalue weighted by atomic mass is 10.1. The lowest BCUT2D eigenvalue weighted by molar-refractivity contribution is 0.589. The lowest BCUT2D eigenvalue weighted by Gasteiger charge is -2.26. The highest BCUT2D eigenvalue weighted by atomic mass is 35.5. The predicted molar refractivity (Wildman–Crippen MR) is 146 cm³/mol. The van der Waals surface area contributed by atoms with E-state index in [1.807, 2.05) is 37.3 Å². The van der Waals surface area contributed by atoms with E-state index in [2.05, 4.69) is 0 Å². The monoisotopic (exact) mass is 543 g/mol. The molecule has 0 amide bonds. The van der Waals surface area contributed by atoms with Crippen LogP contribution in [0, 0.1) is 27.7 Å². The summed E-state index contributed by atoms with van der Waals surface area (Å²) in [6.45, 7) is 6.95. The van der Waals surface area contributed by atoms with Crippen molar-refractivity contribution >= 4 is 38.9 Å². The summed E-state index contributed by atoms with van der Waals surface area (Å²) >= 11 is 12.9. The van der Waals surface area contributed by atoms with Crippen LogP contribution in [0.4, 0.5) is 5.69 Å². The molecular formula is C27H27Cl2N3O3S. The standard InChI is InChI=1S/C27H27Cl2N3O3S/c1-17-14-18(2)26(19(3)15-17)36(34,35)31(16-22-23(28)12-9-13-24(22)29)25-20(4)30(5)32(27(25)33)21-10-7-6-8-11-21/h6-15H,16H2,1-5H3. The Bertz CT molecular complexity index is 1580. The molecular weight excluding hydrogens is 517 g/mol. The zero-order valence-electron chi connectivity index (χ0n) is 20.7. The second-order valence-corrected chi connectivity index (χ2v) is 11.5. The molecule has 0 aliphatic carbocycles. The van der Waals surface area contributed by atoms with Crippen molar-refractivity contribution in [2.24, 2.45) is 7.05 Å². The highest BCUT2D eigenvalue weighted by Gasteiger charge is 2.34. The van der Waals surface area contributed by atoms with Gasteiger partial charge in [0.2, 0.25) is 0 Å². The minimum Gasteiger partial charge on any atom is -0.283 e. The largest absolute Gasteiger partial charge is 0.296 e. The minimum absolute atomic E-state index is 0.0386. The number of aryl methyl sites for hydroxylation is 3. The number of nitrogens with zero attached hydrogens (tertiary/aromatic N) is 3. The molecule has 0 fully saturated rings. The van der Waals surface area contributed by atoms with E-state index >= 15 is 0 Å². The number of halogens is 2. The number of hydrogen-bond acceptors (Lipinski definition) is 3. The highest BCUT2D eigenvalue weighted by Crippen LogP contribution is 2.34. The Hall–Kier alpha value is -3.00. The van der Waals surface area contributed by atoms with Gasteiger partial charge >= 0.3 is 0 Å². The predicted octanol–water partition coefficient (Wildman–Crippen LogP) is 6.11. The fourth-order valence-corrected chi connectivity index (χ4v) is 7.06. The molecule has 4 rings (SSSR count).